The van der Waals surface area contributed by atoms with Gasteiger partial charge in [-0.3, -0.25) is 9.59 Å². The molecule has 2 heterocycles. The molecule has 0 aromatic carbocycles. The first kappa shape index (κ1) is 13.6. The molecule has 1 fully saturated rings. The highest BCUT2D eigenvalue weighted by molar-refractivity contribution is 5.96. The molecule has 1 saturated heterocycles. The Hall–Kier alpha value is -1.85. The third-order valence-electron chi connectivity index (χ3n) is 3.78. The Morgan fingerprint density at radius 3 is 2.68 bits per heavy atom. The number of amides is 1. The Balaban J connectivity index is 2.04. The number of hydrogen-bond donors (Lipinski definition) is 1. The summed E-state index contributed by atoms with van der Waals surface area (Å²) in [6.45, 7) is 6.28. The average molecular weight is 266 g/mol. The fourth-order valence-corrected chi connectivity index (χ4v) is 2.29. The van der Waals surface area contributed by atoms with Gasteiger partial charge in [0.15, 0.2) is 0 Å². The van der Waals surface area contributed by atoms with Gasteiger partial charge < -0.3 is 14.5 Å². The second-order valence-electron chi connectivity index (χ2n) is 5.01. The number of carboxylic acids is 1. The zero-order chi connectivity index (χ0) is 14.2. The lowest BCUT2D eigenvalue weighted by atomic mass is 9.86. The molecular formula is C13H18N2O4. The molecule has 1 aromatic heterocycles. The first-order valence-corrected chi connectivity index (χ1v) is 6.42. The minimum atomic E-state index is -0.812. The second kappa shape index (κ2) is 5.03. The molecular weight excluding hydrogens is 248 g/mol. The molecule has 0 radical (unpaired) electrons. The number of carbonyl (C=O) groups excluding carboxylic acids is 1. The lowest BCUT2D eigenvalue weighted by molar-refractivity contribution is -0.144. The molecule has 1 aliphatic heterocycles. The average Bonchev–Trinajstić information content (AvgIpc) is 2.67. The van der Waals surface area contributed by atoms with Crippen LogP contribution in [0.1, 0.15) is 35.7 Å². The molecule has 0 spiro atoms. The maximum atomic E-state index is 12.3. The molecule has 6 nitrogen and oxygen atoms in total. The van der Waals surface area contributed by atoms with Gasteiger partial charge in [0.1, 0.15) is 11.3 Å². The van der Waals surface area contributed by atoms with Crippen LogP contribution in [0.25, 0.3) is 0 Å². The van der Waals surface area contributed by atoms with Crippen molar-refractivity contribution in [1.29, 1.82) is 0 Å². The fraction of sp³-hybridized carbons (Fsp3) is 0.615. The van der Waals surface area contributed by atoms with E-state index in [1.165, 1.54) is 0 Å². The Morgan fingerprint density at radius 1 is 1.53 bits per heavy atom. The van der Waals surface area contributed by atoms with E-state index in [0.29, 0.717) is 36.5 Å². The summed E-state index contributed by atoms with van der Waals surface area (Å²) in [4.78, 5) is 24.8. The number of rotatable bonds is 4. The van der Waals surface area contributed by atoms with Crippen molar-refractivity contribution < 1.29 is 19.2 Å². The minimum Gasteiger partial charge on any atom is -0.481 e. The molecule has 0 aliphatic carbocycles. The van der Waals surface area contributed by atoms with Crippen LogP contribution >= 0.6 is 0 Å². The number of nitrogens with zero attached hydrogens (tertiary/aromatic N) is 2. The SMILES string of the molecule is CCc1noc(C)c1C(=O)N1CC(C(C)C(=O)O)C1. The van der Waals surface area contributed by atoms with E-state index in [0.717, 1.165) is 0 Å². The molecule has 2 rings (SSSR count). The van der Waals surface area contributed by atoms with Crippen LogP contribution in [0, 0.1) is 18.8 Å². The van der Waals surface area contributed by atoms with Gasteiger partial charge in [0, 0.05) is 19.0 Å². The third-order valence-corrected chi connectivity index (χ3v) is 3.78. The largest absolute Gasteiger partial charge is 0.481 e. The van der Waals surface area contributed by atoms with Crippen LogP contribution in [0.15, 0.2) is 4.52 Å². The molecule has 0 saturated carbocycles. The summed E-state index contributed by atoms with van der Waals surface area (Å²) >= 11 is 0. The molecule has 1 amide bonds. The van der Waals surface area contributed by atoms with E-state index in [1.54, 1.807) is 18.7 Å². The molecule has 104 valence electrons. The molecule has 6 heteroatoms. The van der Waals surface area contributed by atoms with E-state index in [9.17, 15) is 9.59 Å². The van der Waals surface area contributed by atoms with Gasteiger partial charge in [-0.2, -0.15) is 0 Å². The lowest BCUT2D eigenvalue weighted by Gasteiger charge is -2.41. The summed E-state index contributed by atoms with van der Waals surface area (Å²) in [6, 6.07) is 0. The van der Waals surface area contributed by atoms with Gasteiger partial charge in [-0.25, -0.2) is 0 Å². The van der Waals surface area contributed by atoms with E-state index in [-0.39, 0.29) is 11.8 Å². The molecule has 0 bridgehead atoms. The van der Waals surface area contributed by atoms with Crippen molar-refractivity contribution in [3.05, 3.63) is 17.0 Å². The first-order valence-electron chi connectivity index (χ1n) is 6.42. The number of aliphatic carboxylic acids is 1. The topological polar surface area (TPSA) is 83.6 Å². The second-order valence-corrected chi connectivity index (χ2v) is 5.01. The molecule has 19 heavy (non-hydrogen) atoms. The van der Waals surface area contributed by atoms with Crippen LogP contribution in [0.4, 0.5) is 0 Å². The highest BCUT2D eigenvalue weighted by Crippen LogP contribution is 2.27. The monoisotopic (exact) mass is 266 g/mol. The summed E-state index contributed by atoms with van der Waals surface area (Å²) in [7, 11) is 0. The quantitative estimate of drug-likeness (QED) is 0.889. The first-order chi connectivity index (χ1) is 8.95. The lowest BCUT2D eigenvalue weighted by Crippen LogP contribution is -2.53. The number of hydrogen-bond acceptors (Lipinski definition) is 4. The summed E-state index contributed by atoms with van der Waals surface area (Å²) in [5, 5.41) is 12.8. The zero-order valence-corrected chi connectivity index (χ0v) is 11.3. The smallest absolute Gasteiger partial charge is 0.306 e. The minimum absolute atomic E-state index is 0.0340. The summed E-state index contributed by atoms with van der Waals surface area (Å²) in [5.41, 5.74) is 1.20. The number of carboxylic acid groups (broad SMARTS) is 1. The van der Waals surface area contributed by atoms with Crippen molar-refractivity contribution in [3.63, 3.8) is 0 Å². The van der Waals surface area contributed by atoms with Crippen LogP contribution in [-0.4, -0.2) is 40.1 Å². The number of carbonyl (C=O) groups is 2. The van der Waals surface area contributed by atoms with Crippen molar-refractivity contribution in [2.24, 2.45) is 11.8 Å². The van der Waals surface area contributed by atoms with E-state index >= 15 is 0 Å². The van der Waals surface area contributed by atoms with Crippen molar-refractivity contribution in [2.75, 3.05) is 13.1 Å². The van der Waals surface area contributed by atoms with Crippen molar-refractivity contribution in [1.82, 2.24) is 10.1 Å². The molecule has 1 atom stereocenters. The Bertz CT molecular complexity index is 503. The highest BCUT2D eigenvalue weighted by atomic mass is 16.5. The van der Waals surface area contributed by atoms with Crippen molar-refractivity contribution in [2.45, 2.75) is 27.2 Å². The Kier molecular flexibility index (Phi) is 3.59. The number of aryl methyl sites for hydroxylation is 2. The van der Waals surface area contributed by atoms with Gasteiger partial charge in [0.2, 0.25) is 0 Å². The van der Waals surface area contributed by atoms with E-state index in [1.807, 2.05) is 6.92 Å². The third kappa shape index (κ3) is 2.34. The fourth-order valence-electron chi connectivity index (χ4n) is 2.29. The van der Waals surface area contributed by atoms with Crippen LogP contribution in [-0.2, 0) is 11.2 Å². The van der Waals surface area contributed by atoms with Gasteiger partial charge in [-0.05, 0) is 13.3 Å². The normalized spacial score (nSPS) is 17.1. The maximum Gasteiger partial charge on any atom is 0.306 e. The van der Waals surface area contributed by atoms with Crippen molar-refractivity contribution >= 4 is 11.9 Å². The van der Waals surface area contributed by atoms with Crippen LogP contribution < -0.4 is 0 Å². The van der Waals surface area contributed by atoms with Gasteiger partial charge in [0.25, 0.3) is 5.91 Å². The Morgan fingerprint density at radius 2 is 2.16 bits per heavy atom. The zero-order valence-electron chi connectivity index (χ0n) is 11.3. The van der Waals surface area contributed by atoms with Gasteiger partial charge in [0.05, 0.1) is 11.6 Å². The molecule has 1 N–H and O–H groups in total. The summed E-state index contributed by atoms with van der Waals surface area (Å²) in [5.74, 6) is -0.779. The number of likely N-dealkylation sites (tertiary alicyclic amines) is 1. The van der Waals surface area contributed by atoms with E-state index in [2.05, 4.69) is 5.16 Å². The highest BCUT2D eigenvalue weighted by Gasteiger charge is 2.39. The van der Waals surface area contributed by atoms with Gasteiger partial charge >= 0.3 is 5.97 Å². The van der Waals surface area contributed by atoms with Crippen LogP contribution in [0.2, 0.25) is 0 Å². The maximum absolute atomic E-state index is 12.3. The van der Waals surface area contributed by atoms with E-state index in [4.69, 9.17) is 9.63 Å². The Labute approximate surface area is 111 Å². The van der Waals surface area contributed by atoms with Gasteiger partial charge in [-0.15, -0.1) is 0 Å². The predicted octanol–water partition coefficient (Wildman–Crippen LogP) is 1.34. The number of aromatic nitrogens is 1. The molecule has 1 unspecified atom stereocenters. The molecule has 1 aromatic rings. The van der Waals surface area contributed by atoms with E-state index < -0.39 is 11.9 Å². The summed E-state index contributed by atoms with van der Waals surface area (Å²) in [6.07, 6.45) is 0.640. The van der Waals surface area contributed by atoms with Gasteiger partial charge in [-0.1, -0.05) is 19.0 Å². The molecule has 1 aliphatic rings. The van der Waals surface area contributed by atoms with Crippen molar-refractivity contribution in [3.8, 4) is 0 Å². The predicted molar refractivity (Wildman–Crippen MR) is 66.8 cm³/mol. The van der Waals surface area contributed by atoms with Crippen LogP contribution in [0.5, 0.6) is 0 Å². The van der Waals surface area contributed by atoms with Crippen LogP contribution in [0.3, 0.4) is 0 Å². The summed E-state index contributed by atoms with van der Waals surface area (Å²) < 4.78 is 5.05. The standard InChI is InChI=1S/C13H18N2O4/c1-4-10-11(8(3)19-14-10)12(16)15-5-9(6-15)7(2)13(17)18/h7,9H,4-6H2,1-3H3,(H,17,18).